The number of hydrogen-bond donors (Lipinski definition) is 1. The third kappa shape index (κ3) is 3.75. The lowest BCUT2D eigenvalue weighted by Crippen LogP contribution is -2.57. The highest BCUT2D eigenvalue weighted by atomic mass is 16.7. The van der Waals surface area contributed by atoms with Gasteiger partial charge in [0.15, 0.2) is 11.5 Å². The van der Waals surface area contributed by atoms with Crippen LogP contribution in [0.5, 0.6) is 11.5 Å². The van der Waals surface area contributed by atoms with Crippen molar-refractivity contribution in [2.75, 3.05) is 39.6 Å². The van der Waals surface area contributed by atoms with E-state index in [2.05, 4.69) is 29.3 Å². The molecule has 6 heteroatoms. The van der Waals surface area contributed by atoms with Crippen molar-refractivity contribution in [1.82, 2.24) is 10.2 Å². The summed E-state index contributed by atoms with van der Waals surface area (Å²) in [5.74, 6) is 2.28. The molecule has 0 saturated carbocycles. The minimum Gasteiger partial charge on any atom is -0.454 e. The van der Waals surface area contributed by atoms with E-state index in [9.17, 15) is 4.79 Å². The van der Waals surface area contributed by atoms with E-state index in [4.69, 9.17) is 14.2 Å². The first kappa shape index (κ1) is 16.7. The summed E-state index contributed by atoms with van der Waals surface area (Å²) in [7, 11) is 0. The van der Waals surface area contributed by atoms with Gasteiger partial charge in [0.1, 0.15) is 6.61 Å². The summed E-state index contributed by atoms with van der Waals surface area (Å²) in [5, 5.41) is 2.95. The van der Waals surface area contributed by atoms with Crippen LogP contribution in [0, 0.1) is 5.92 Å². The Kier molecular flexibility index (Phi) is 4.56. The van der Waals surface area contributed by atoms with Gasteiger partial charge in [-0.2, -0.15) is 0 Å². The highest BCUT2D eigenvalue weighted by Gasteiger charge is 2.39. The first-order chi connectivity index (χ1) is 12.1. The van der Waals surface area contributed by atoms with Crippen molar-refractivity contribution < 1.29 is 19.0 Å². The summed E-state index contributed by atoms with van der Waals surface area (Å²) in [4.78, 5) is 13.8. The lowest BCUT2D eigenvalue weighted by Gasteiger charge is -2.44. The van der Waals surface area contributed by atoms with Crippen LogP contribution in [0.25, 0.3) is 0 Å². The number of ether oxygens (including phenoxy) is 3. The van der Waals surface area contributed by atoms with Gasteiger partial charge in [0.05, 0.1) is 5.60 Å². The number of nitrogens with one attached hydrogen (secondary N) is 1. The van der Waals surface area contributed by atoms with Gasteiger partial charge >= 0.3 is 0 Å². The number of benzene rings is 1. The second kappa shape index (κ2) is 6.84. The molecule has 3 aliphatic heterocycles. The first-order valence-electron chi connectivity index (χ1n) is 9.13. The van der Waals surface area contributed by atoms with Crippen LogP contribution in [0.1, 0.15) is 25.3 Å². The smallest absolute Gasteiger partial charge is 0.246 e. The fourth-order valence-corrected chi connectivity index (χ4v) is 4.02. The summed E-state index contributed by atoms with van der Waals surface area (Å²) < 4.78 is 16.7. The topological polar surface area (TPSA) is 60.0 Å². The third-order valence-electron chi connectivity index (χ3n) is 5.48. The summed E-state index contributed by atoms with van der Waals surface area (Å²) in [6, 6.07) is 6.24. The Hall–Kier alpha value is -1.79. The number of hydrogen-bond acceptors (Lipinski definition) is 5. The fraction of sp³-hybridized carbons (Fsp3) is 0.632. The number of piperidine rings is 1. The Morgan fingerprint density at radius 1 is 1.24 bits per heavy atom. The van der Waals surface area contributed by atoms with Gasteiger partial charge in [-0.3, -0.25) is 4.79 Å². The van der Waals surface area contributed by atoms with Gasteiger partial charge < -0.3 is 24.4 Å². The zero-order valence-corrected chi connectivity index (χ0v) is 14.8. The first-order valence-corrected chi connectivity index (χ1v) is 9.13. The average molecular weight is 346 g/mol. The van der Waals surface area contributed by atoms with E-state index in [0.29, 0.717) is 19.3 Å². The van der Waals surface area contributed by atoms with E-state index >= 15 is 0 Å². The van der Waals surface area contributed by atoms with Crippen LogP contribution in [-0.2, 0) is 16.0 Å². The Balaban J connectivity index is 1.26. The van der Waals surface area contributed by atoms with Crippen LogP contribution in [0.4, 0.5) is 0 Å². The van der Waals surface area contributed by atoms with Crippen LogP contribution >= 0.6 is 0 Å². The van der Waals surface area contributed by atoms with E-state index in [0.717, 1.165) is 50.4 Å². The molecule has 3 heterocycles. The number of nitrogens with zero attached hydrogens (tertiary/aromatic N) is 1. The minimum absolute atomic E-state index is 0.00500. The van der Waals surface area contributed by atoms with E-state index in [-0.39, 0.29) is 18.1 Å². The molecule has 1 aromatic rings. The predicted octanol–water partition coefficient (Wildman–Crippen LogP) is 1.57. The number of carbonyl (C=O) groups is 1. The zero-order chi connectivity index (χ0) is 17.3. The summed E-state index contributed by atoms with van der Waals surface area (Å²) in [6.07, 6.45) is 3.01. The van der Waals surface area contributed by atoms with Crippen LogP contribution < -0.4 is 14.8 Å². The molecule has 1 aromatic carbocycles. The van der Waals surface area contributed by atoms with E-state index < -0.39 is 0 Å². The molecular formula is C19H26N2O4. The van der Waals surface area contributed by atoms with Crippen molar-refractivity contribution in [1.29, 1.82) is 0 Å². The SMILES string of the molecule is CC(Cc1ccc2c(c1)OCO2)CN1CCC2(CC1)CNC(=O)CO2. The minimum atomic E-state index is -0.134. The molecule has 0 aliphatic carbocycles. The second-order valence-corrected chi connectivity index (χ2v) is 7.55. The van der Waals surface area contributed by atoms with Crippen molar-refractivity contribution in [2.24, 2.45) is 5.92 Å². The monoisotopic (exact) mass is 346 g/mol. The largest absolute Gasteiger partial charge is 0.454 e. The molecule has 1 atom stereocenters. The van der Waals surface area contributed by atoms with Gasteiger partial charge in [0.25, 0.3) is 0 Å². The maximum Gasteiger partial charge on any atom is 0.246 e. The fourth-order valence-electron chi connectivity index (χ4n) is 4.02. The highest BCUT2D eigenvalue weighted by molar-refractivity contribution is 5.78. The van der Waals surface area contributed by atoms with E-state index in [1.165, 1.54) is 5.56 Å². The second-order valence-electron chi connectivity index (χ2n) is 7.55. The molecule has 2 fully saturated rings. The standard InChI is InChI=1S/C19H26N2O4/c1-14(8-15-2-3-16-17(9-15)24-13-23-16)10-21-6-4-19(5-7-21)12-20-18(22)11-25-19/h2-3,9,14H,4-8,10-13H2,1H3,(H,20,22). The Morgan fingerprint density at radius 3 is 2.80 bits per heavy atom. The molecule has 4 rings (SSSR count). The van der Waals surface area contributed by atoms with Crippen molar-refractivity contribution in [3.05, 3.63) is 23.8 Å². The number of amides is 1. The molecule has 3 aliphatic rings. The number of rotatable bonds is 4. The van der Waals surface area contributed by atoms with Crippen molar-refractivity contribution in [3.63, 3.8) is 0 Å². The Morgan fingerprint density at radius 2 is 2.04 bits per heavy atom. The number of carbonyl (C=O) groups excluding carboxylic acids is 1. The lowest BCUT2D eigenvalue weighted by molar-refractivity contribution is -0.150. The molecule has 136 valence electrons. The molecule has 1 amide bonds. The predicted molar refractivity (Wildman–Crippen MR) is 92.8 cm³/mol. The summed E-state index contributed by atoms with van der Waals surface area (Å²) in [5.41, 5.74) is 1.16. The number of morpholine rings is 1. The van der Waals surface area contributed by atoms with Gasteiger partial charge in [-0.1, -0.05) is 13.0 Å². The number of fused-ring (bicyclic) bond motifs is 1. The molecular weight excluding hydrogens is 320 g/mol. The molecule has 1 unspecified atom stereocenters. The normalized spacial score (nSPS) is 23.5. The zero-order valence-electron chi connectivity index (χ0n) is 14.8. The van der Waals surface area contributed by atoms with Gasteiger partial charge in [-0.05, 0) is 42.9 Å². The van der Waals surface area contributed by atoms with Crippen LogP contribution in [0.2, 0.25) is 0 Å². The average Bonchev–Trinajstić information content (AvgIpc) is 3.07. The molecule has 0 aromatic heterocycles. The lowest BCUT2D eigenvalue weighted by atomic mass is 9.89. The molecule has 1 spiro atoms. The van der Waals surface area contributed by atoms with Gasteiger partial charge in [-0.25, -0.2) is 0 Å². The van der Waals surface area contributed by atoms with Gasteiger partial charge in [0, 0.05) is 26.2 Å². The molecule has 0 radical (unpaired) electrons. The van der Waals surface area contributed by atoms with Crippen LogP contribution in [0.15, 0.2) is 18.2 Å². The summed E-state index contributed by atoms with van der Waals surface area (Å²) >= 11 is 0. The van der Waals surface area contributed by atoms with Crippen LogP contribution in [-0.4, -0.2) is 56.0 Å². The molecule has 6 nitrogen and oxygen atoms in total. The maximum atomic E-state index is 11.3. The molecule has 25 heavy (non-hydrogen) atoms. The number of likely N-dealkylation sites (tertiary alicyclic amines) is 1. The maximum absolute atomic E-state index is 11.3. The molecule has 0 bridgehead atoms. The Bertz CT molecular complexity index is 628. The van der Waals surface area contributed by atoms with Gasteiger partial charge in [-0.15, -0.1) is 0 Å². The third-order valence-corrected chi connectivity index (χ3v) is 5.48. The summed E-state index contributed by atoms with van der Waals surface area (Å²) in [6.45, 7) is 6.63. The van der Waals surface area contributed by atoms with Crippen LogP contribution in [0.3, 0.4) is 0 Å². The molecule has 2 saturated heterocycles. The Labute approximate surface area is 148 Å². The van der Waals surface area contributed by atoms with Gasteiger partial charge in [0.2, 0.25) is 12.7 Å². The van der Waals surface area contributed by atoms with Crippen molar-refractivity contribution in [2.45, 2.75) is 31.8 Å². The molecule has 1 N–H and O–H groups in total. The quantitative estimate of drug-likeness (QED) is 0.897. The van der Waals surface area contributed by atoms with E-state index in [1.54, 1.807) is 0 Å². The highest BCUT2D eigenvalue weighted by Crippen LogP contribution is 2.33. The van der Waals surface area contributed by atoms with E-state index in [1.807, 2.05) is 6.07 Å². The van der Waals surface area contributed by atoms with Crippen molar-refractivity contribution >= 4 is 5.91 Å². The van der Waals surface area contributed by atoms with Crippen molar-refractivity contribution in [3.8, 4) is 11.5 Å².